The van der Waals surface area contributed by atoms with Gasteiger partial charge in [-0.25, -0.2) is 4.79 Å². The number of carbonyl (C=O) groups excluding carboxylic acids is 4. The first-order chi connectivity index (χ1) is 29.1. The standard InChI is InChI=1S/C46H57N9O5/c1-52(29-30-15-21-53(22-16-30)34-6-5-7-35(28-34)55-25-19-40(56)51-46(55)59)36-26-33(27-36)45(58)54-23-17-31(18-24-54)39-14-20-49-44(50-39)41(43(48)57)42(47)32-10-12-38(13-11-32)60-37-8-3-2-4-9-37/h2-13,28,30-31,33,36,39H,14-27,29,47H2,1H3,(H2,48,57)(H,49,50)(H,51,56,59)/b42-41-/t33?,36?,39-/m0/s1. The molecule has 0 bridgehead atoms. The van der Waals surface area contributed by atoms with Crippen LogP contribution in [0.15, 0.2) is 89.4 Å². The van der Waals surface area contributed by atoms with Crippen LogP contribution in [0.3, 0.4) is 0 Å². The third-order valence-corrected chi connectivity index (χ3v) is 13.2. The Kier molecular flexibility index (Phi) is 12.4. The van der Waals surface area contributed by atoms with E-state index in [0.29, 0.717) is 54.5 Å². The maximum Gasteiger partial charge on any atom is 0.328 e. The fraction of sp³-hybridized carbons (Fsp3) is 0.457. The number of aliphatic imine (C=N–C) groups is 1. The summed E-state index contributed by atoms with van der Waals surface area (Å²) in [4.78, 5) is 63.6. The molecule has 1 saturated carbocycles. The molecule has 4 fully saturated rings. The molecular formula is C46H57N9O5. The van der Waals surface area contributed by atoms with Gasteiger partial charge >= 0.3 is 6.03 Å². The lowest BCUT2D eigenvalue weighted by Crippen LogP contribution is -2.53. The number of imide groups is 1. The van der Waals surface area contributed by atoms with Crippen molar-refractivity contribution in [2.24, 2.45) is 34.2 Å². The Morgan fingerprint density at radius 3 is 2.23 bits per heavy atom. The molecule has 4 heterocycles. The predicted molar refractivity (Wildman–Crippen MR) is 232 cm³/mol. The van der Waals surface area contributed by atoms with Gasteiger partial charge in [0, 0.05) is 81.6 Å². The summed E-state index contributed by atoms with van der Waals surface area (Å²) in [6.07, 6.45) is 6.92. The largest absolute Gasteiger partial charge is 0.457 e. The van der Waals surface area contributed by atoms with Gasteiger partial charge in [-0.2, -0.15) is 0 Å². The van der Waals surface area contributed by atoms with Gasteiger partial charge in [-0.15, -0.1) is 0 Å². The lowest BCUT2D eigenvalue weighted by Gasteiger charge is -2.45. The molecule has 316 valence electrons. The van der Waals surface area contributed by atoms with Crippen LogP contribution in [-0.4, -0.2) is 104 Å². The van der Waals surface area contributed by atoms with Crippen molar-refractivity contribution in [3.8, 4) is 11.5 Å². The molecule has 0 unspecified atom stereocenters. The van der Waals surface area contributed by atoms with Crippen LogP contribution in [0.2, 0.25) is 0 Å². The fourth-order valence-electron chi connectivity index (χ4n) is 9.49. The van der Waals surface area contributed by atoms with E-state index in [4.69, 9.17) is 16.2 Å². The molecule has 1 aliphatic carbocycles. The Morgan fingerprint density at radius 2 is 1.53 bits per heavy atom. The number of nitrogens with one attached hydrogen (secondary N) is 2. The number of rotatable bonds is 12. The van der Waals surface area contributed by atoms with Gasteiger partial charge in [0.25, 0.3) is 5.91 Å². The summed E-state index contributed by atoms with van der Waals surface area (Å²) >= 11 is 0. The number of primary amides is 1. The van der Waals surface area contributed by atoms with Crippen molar-refractivity contribution in [2.75, 3.05) is 62.7 Å². The highest BCUT2D eigenvalue weighted by Crippen LogP contribution is 2.36. The Morgan fingerprint density at radius 1 is 0.833 bits per heavy atom. The van der Waals surface area contributed by atoms with Crippen LogP contribution in [0.1, 0.15) is 56.9 Å². The number of likely N-dealkylation sites (tertiary alicyclic amines) is 1. The molecule has 4 aliphatic heterocycles. The van der Waals surface area contributed by atoms with E-state index in [1.165, 1.54) is 0 Å². The van der Waals surface area contributed by atoms with E-state index in [1.54, 1.807) is 4.90 Å². The van der Waals surface area contributed by atoms with Crippen molar-refractivity contribution in [1.82, 2.24) is 20.4 Å². The molecule has 3 aromatic carbocycles. The van der Waals surface area contributed by atoms with Crippen molar-refractivity contribution in [3.63, 3.8) is 0 Å². The lowest BCUT2D eigenvalue weighted by atomic mass is 9.77. The predicted octanol–water partition coefficient (Wildman–Crippen LogP) is 4.71. The summed E-state index contributed by atoms with van der Waals surface area (Å²) in [5.74, 6) is 2.25. The molecule has 14 nitrogen and oxygen atoms in total. The Balaban J connectivity index is 0.768. The number of para-hydroxylation sites is 1. The average molecular weight is 816 g/mol. The zero-order valence-electron chi connectivity index (χ0n) is 34.4. The van der Waals surface area contributed by atoms with E-state index in [9.17, 15) is 19.2 Å². The van der Waals surface area contributed by atoms with Crippen molar-refractivity contribution in [3.05, 3.63) is 90.0 Å². The summed E-state index contributed by atoms with van der Waals surface area (Å²) in [5.41, 5.74) is 15.5. The summed E-state index contributed by atoms with van der Waals surface area (Å²) < 4.78 is 5.91. The number of hydrogen-bond donors (Lipinski definition) is 4. The molecule has 6 N–H and O–H groups in total. The number of nitrogens with two attached hydrogens (primary N) is 2. The number of nitrogens with zero attached hydrogens (tertiary/aromatic N) is 5. The second-order valence-corrected chi connectivity index (χ2v) is 17.0. The van der Waals surface area contributed by atoms with Crippen LogP contribution < -0.4 is 36.6 Å². The topological polar surface area (TPSA) is 179 Å². The fourth-order valence-corrected chi connectivity index (χ4v) is 9.49. The van der Waals surface area contributed by atoms with Crippen LogP contribution in [-0.2, 0) is 14.4 Å². The Bertz CT molecular complexity index is 2100. The van der Waals surface area contributed by atoms with E-state index >= 15 is 0 Å². The Labute approximate surface area is 352 Å². The first kappa shape index (κ1) is 40.9. The molecule has 14 heteroatoms. The van der Waals surface area contributed by atoms with E-state index in [-0.39, 0.29) is 41.1 Å². The van der Waals surface area contributed by atoms with Crippen molar-refractivity contribution < 1.29 is 23.9 Å². The first-order valence-electron chi connectivity index (χ1n) is 21.5. The van der Waals surface area contributed by atoms with E-state index in [0.717, 1.165) is 94.8 Å². The van der Waals surface area contributed by atoms with Crippen LogP contribution in [0.4, 0.5) is 16.2 Å². The Hall–Kier alpha value is -5.89. The summed E-state index contributed by atoms with van der Waals surface area (Å²) in [6.45, 7) is 5.36. The lowest BCUT2D eigenvalue weighted by molar-refractivity contribution is -0.142. The smallest absolute Gasteiger partial charge is 0.328 e. The maximum atomic E-state index is 13.6. The summed E-state index contributed by atoms with van der Waals surface area (Å²) in [5, 5.41) is 5.93. The molecule has 60 heavy (non-hydrogen) atoms. The van der Waals surface area contributed by atoms with Gasteiger partial charge in [0.15, 0.2) is 0 Å². The molecular weight excluding hydrogens is 759 g/mol. The zero-order chi connectivity index (χ0) is 41.8. The summed E-state index contributed by atoms with van der Waals surface area (Å²) in [6, 6.07) is 25.0. The third kappa shape index (κ3) is 9.28. The molecule has 5 aliphatic rings. The normalized spacial score (nSPS) is 23.3. The molecule has 8 rings (SSSR count). The molecule has 1 atom stereocenters. The number of ether oxygens (including phenoxy) is 1. The van der Waals surface area contributed by atoms with Gasteiger partial charge in [-0.3, -0.25) is 29.6 Å². The first-order valence-corrected chi connectivity index (χ1v) is 21.5. The minimum Gasteiger partial charge on any atom is -0.457 e. The van der Waals surface area contributed by atoms with Crippen LogP contribution in [0.5, 0.6) is 11.5 Å². The molecule has 5 amide bonds. The molecule has 0 spiro atoms. The van der Waals surface area contributed by atoms with Gasteiger partial charge < -0.3 is 36.2 Å². The van der Waals surface area contributed by atoms with Gasteiger partial charge in [-0.1, -0.05) is 24.3 Å². The molecule has 3 saturated heterocycles. The van der Waals surface area contributed by atoms with Crippen molar-refractivity contribution in [1.29, 1.82) is 0 Å². The minimum absolute atomic E-state index is 0.0833. The second-order valence-electron chi connectivity index (χ2n) is 17.0. The van der Waals surface area contributed by atoms with E-state index in [1.807, 2.05) is 66.7 Å². The number of hydrogen-bond acceptors (Lipinski definition) is 10. The van der Waals surface area contributed by atoms with Crippen LogP contribution >= 0.6 is 0 Å². The van der Waals surface area contributed by atoms with Gasteiger partial charge in [-0.05, 0) is 124 Å². The van der Waals surface area contributed by atoms with Crippen LogP contribution in [0, 0.1) is 17.8 Å². The highest BCUT2D eigenvalue weighted by Gasteiger charge is 2.41. The minimum atomic E-state index is -0.635. The third-order valence-electron chi connectivity index (χ3n) is 13.2. The van der Waals surface area contributed by atoms with Gasteiger partial charge in [0.05, 0.1) is 5.70 Å². The zero-order valence-corrected chi connectivity index (χ0v) is 34.4. The van der Waals surface area contributed by atoms with Gasteiger partial charge in [0.2, 0.25) is 11.8 Å². The summed E-state index contributed by atoms with van der Waals surface area (Å²) in [7, 11) is 2.21. The molecule has 0 aromatic heterocycles. The number of urea groups is 1. The quantitative estimate of drug-likeness (QED) is 0.189. The van der Waals surface area contributed by atoms with Gasteiger partial charge in [0.1, 0.15) is 22.9 Å². The number of amides is 5. The number of piperidine rings is 2. The van der Waals surface area contributed by atoms with Crippen molar-refractivity contribution in [2.45, 2.75) is 63.5 Å². The maximum absolute atomic E-state index is 13.6. The van der Waals surface area contributed by atoms with E-state index < -0.39 is 5.91 Å². The average Bonchev–Trinajstić information content (AvgIpc) is 3.24. The number of benzene rings is 3. The SMILES string of the molecule is CN(CC1CCN(c2cccc(N3CCC(=O)NC3=O)c2)CC1)C1CC(C(=O)N2CCC([C@@H]3CCN=C(/C(C(N)=O)=C(\N)c4ccc(Oc5ccccc5)cc4)N3)CC2)C1. The monoisotopic (exact) mass is 815 g/mol. The number of amidine groups is 1. The highest BCUT2D eigenvalue weighted by molar-refractivity contribution is 6.25. The highest BCUT2D eigenvalue weighted by atomic mass is 16.5. The van der Waals surface area contributed by atoms with Crippen molar-refractivity contribution >= 4 is 46.7 Å². The second kappa shape index (κ2) is 18.2. The van der Waals surface area contributed by atoms with Crippen LogP contribution in [0.25, 0.3) is 5.70 Å². The molecule has 0 radical (unpaired) electrons. The molecule has 3 aromatic rings. The van der Waals surface area contributed by atoms with E-state index in [2.05, 4.69) is 49.5 Å². The number of carbonyl (C=O) groups is 4. The number of anilines is 2.